The van der Waals surface area contributed by atoms with Crippen LogP contribution in [0.1, 0.15) is 53.4 Å². The number of hydrogen-bond acceptors (Lipinski definition) is 6. The maximum atomic E-state index is 12.3. The van der Waals surface area contributed by atoms with E-state index in [2.05, 4.69) is 13.5 Å². The first-order valence-corrected chi connectivity index (χ1v) is 9.46. The van der Waals surface area contributed by atoms with Crippen molar-refractivity contribution in [2.24, 2.45) is 17.8 Å². The molecule has 3 aliphatic heterocycles. The van der Waals surface area contributed by atoms with E-state index in [9.17, 15) is 9.59 Å². The summed E-state index contributed by atoms with van der Waals surface area (Å²) in [4.78, 5) is 24.5. The van der Waals surface area contributed by atoms with Crippen LogP contribution >= 0.6 is 0 Å². The Labute approximate surface area is 155 Å². The Morgan fingerprint density at radius 2 is 2.04 bits per heavy atom. The molecule has 6 atom stereocenters. The highest BCUT2D eigenvalue weighted by Crippen LogP contribution is 2.51. The monoisotopic (exact) mass is 366 g/mol. The summed E-state index contributed by atoms with van der Waals surface area (Å²) < 4.78 is 23.7. The third-order valence-electron chi connectivity index (χ3n) is 6.20. The van der Waals surface area contributed by atoms with E-state index in [1.807, 2.05) is 6.92 Å². The van der Waals surface area contributed by atoms with Crippen molar-refractivity contribution in [1.82, 2.24) is 0 Å². The van der Waals surface area contributed by atoms with Gasteiger partial charge in [0, 0.05) is 31.4 Å². The van der Waals surface area contributed by atoms with Crippen LogP contribution in [0.3, 0.4) is 0 Å². The van der Waals surface area contributed by atoms with Crippen LogP contribution in [-0.2, 0) is 28.5 Å². The molecule has 3 rings (SSSR count). The quantitative estimate of drug-likeness (QED) is 0.565. The van der Waals surface area contributed by atoms with Crippen LogP contribution < -0.4 is 0 Å². The zero-order chi connectivity index (χ0) is 19.3. The highest BCUT2D eigenvalue weighted by molar-refractivity contribution is 5.91. The second-order valence-electron chi connectivity index (χ2n) is 8.53. The van der Waals surface area contributed by atoms with Gasteiger partial charge in [0.2, 0.25) is 0 Å². The van der Waals surface area contributed by atoms with E-state index in [-0.39, 0.29) is 29.8 Å². The molecular weight excluding hydrogens is 336 g/mol. The Morgan fingerprint density at radius 1 is 1.35 bits per heavy atom. The topological polar surface area (TPSA) is 71.1 Å². The molecule has 0 aliphatic carbocycles. The van der Waals surface area contributed by atoms with Crippen LogP contribution in [0.25, 0.3) is 0 Å². The van der Waals surface area contributed by atoms with Crippen molar-refractivity contribution in [3.05, 3.63) is 12.2 Å². The normalized spacial score (nSPS) is 42.7. The minimum Gasteiger partial charge on any atom is -0.461 e. The van der Waals surface area contributed by atoms with Gasteiger partial charge in [0.1, 0.15) is 12.2 Å². The van der Waals surface area contributed by atoms with Crippen LogP contribution in [0.2, 0.25) is 0 Å². The second-order valence-corrected chi connectivity index (χ2v) is 8.53. The first-order valence-electron chi connectivity index (χ1n) is 9.46. The lowest BCUT2D eigenvalue weighted by molar-refractivity contribution is -0.265. The number of methoxy groups -OCH3 is 1. The number of hydrogen-bond donors (Lipinski definition) is 0. The van der Waals surface area contributed by atoms with Gasteiger partial charge < -0.3 is 18.9 Å². The molecule has 0 saturated carbocycles. The van der Waals surface area contributed by atoms with E-state index in [1.54, 1.807) is 21.0 Å². The van der Waals surface area contributed by atoms with Crippen LogP contribution in [0.15, 0.2) is 12.2 Å². The summed E-state index contributed by atoms with van der Waals surface area (Å²) in [6.45, 7) is 11.6. The first-order chi connectivity index (χ1) is 12.1. The van der Waals surface area contributed by atoms with Crippen LogP contribution in [-0.4, -0.2) is 42.6 Å². The summed E-state index contributed by atoms with van der Waals surface area (Å²) in [6.07, 6.45) is 1.75. The fraction of sp³-hybridized carbons (Fsp3) is 0.800. The number of esters is 2. The lowest BCUT2D eigenvalue weighted by Crippen LogP contribution is -2.42. The van der Waals surface area contributed by atoms with E-state index in [1.165, 1.54) is 0 Å². The van der Waals surface area contributed by atoms with Crippen LogP contribution in [0.4, 0.5) is 0 Å². The van der Waals surface area contributed by atoms with Crippen molar-refractivity contribution >= 4 is 11.9 Å². The molecule has 6 nitrogen and oxygen atoms in total. The predicted molar refractivity (Wildman–Crippen MR) is 94.1 cm³/mol. The molecule has 0 aromatic rings. The van der Waals surface area contributed by atoms with E-state index in [4.69, 9.17) is 18.9 Å². The molecule has 0 radical (unpaired) electrons. The molecule has 0 spiro atoms. The largest absolute Gasteiger partial charge is 0.461 e. The molecule has 6 heteroatoms. The first kappa shape index (κ1) is 19.4. The van der Waals surface area contributed by atoms with Gasteiger partial charge in [-0.2, -0.15) is 0 Å². The number of rotatable bonds is 3. The molecule has 3 heterocycles. The molecule has 26 heavy (non-hydrogen) atoms. The maximum absolute atomic E-state index is 12.3. The molecule has 0 amide bonds. The summed E-state index contributed by atoms with van der Waals surface area (Å²) in [7, 11) is 1.66. The molecule has 3 aliphatic rings. The van der Waals surface area contributed by atoms with E-state index >= 15 is 0 Å². The van der Waals surface area contributed by atoms with E-state index in [0.717, 1.165) is 12.8 Å². The third-order valence-corrected chi connectivity index (χ3v) is 6.20. The van der Waals surface area contributed by atoms with Crippen LogP contribution in [0.5, 0.6) is 0 Å². The van der Waals surface area contributed by atoms with Gasteiger partial charge in [-0.1, -0.05) is 27.4 Å². The lowest BCUT2D eigenvalue weighted by atomic mass is 9.78. The average molecular weight is 366 g/mol. The van der Waals surface area contributed by atoms with Crippen molar-refractivity contribution in [2.75, 3.05) is 7.11 Å². The zero-order valence-electron chi connectivity index (χ0n) is 16.4. The standard InChI is InChI=1S/C20H30O6/c1-11(2)17(21)25-15-10-19(5)7-8-20(23-6,26-19)12(3)9-14-16(15)13(4)18(22)24-14/h11-12,14-16H,4,7-10H2,1-3,5-6H3/t12-,14+,15+,16+,19-,20-/m0/s1. The molecule has 0 N–H and O–H groups in total. The molecule has 2 bridgehead atoms. The molecule has 146 valence electrons. The van der Waals surface area contributed by atoms with Gasteiger partial charge in [-0.05, 0) is 19.8 Å². The fourth-order valence-electron chi connectivity index (χ4n) is 4.58. The van der Waals surface area contributed by atoms with Gasteiger partial charge in [-0.15, -0.1) is 0 Å². The van der Waals surface area contributed by atoms with Crippen molar-refractivity contribution in [1.29, 1.82) is 0 Å². The zero-order valence-corrected chi connectivity index (χ0v) is 16.4. The summed E-state index contributed by atoms with van der Waals surface area (Å²) in [6, 6.07) is 0. The predicted octanol–water partition coefficient (Wildman–Crippen LogP) is 2.99. The molecular formula is C20H30O6. The van der Waals surface area contributed by atoms with Crippen molar-refractivity contribution in [2.45, 2.75) is 77.0 Å². The summed E-state index contributed by atoms with van der Waals surface area (Å²) >= 11 is 0. The molecule has 0 aromatic heterocycles. The highest BCUT2D eigenvalue weighted by Gasteiger charge is 2.57. The number of fused-ring (bicyclic) bond motifs is 3. The minimum atomic E-state index is -0.702. The summed E-state index contributed by atoms with van der Waals surface area (Å²) in [5, 5.41) is 0. The average Bonchev–Trinajstić information content (AvgIpc) is 3.05. The van der Waals surface area contributed by atoms with E-state index < -0.39 is 23.5 Å². The Kier molecular flexibility index (Phi) is 4.95. The minimum absolute atomic E-state index is 0.0278. The fourth-order valence-corrected chi connectivity index (χ4v) is 4.58. The van der Waals surface area contributed by atoms with Crippen LogP contribution in [0, 0.1) is 17.8 Å². The second kappa shape index (κ2) is 6.64. The van der Waals surface area contributed by atoms with Gasteiger partial charge in [-0.3, -0.25) is 4.79 Å². The molecule has 3 saturated heterocycles. The van der Waals surface area contributed by atoms with Crippen molar-refractivity contribution in [3.63, 3.8) is 0 Å². The SMILES string of the molecule is C=C1C(=O)O[C@@H]2C[C@H](C)[C@]3(OC)CC[C@@](C)(C[C@@H](OC(=O)C(C)C)[C@H]12)O3. The molecule has 0 aromatic carbocycles. The Hall–Kier alpha value is -1.40. The van der Waals surface area contributed by atoms with Gasteiger partial charge in [0.05, 0.1) is 17.4 Å². The maximum Gasteiger partial charge on any atom is 0.334 e. The van der Waals surface area contributed by atoms with E-state index in [0.29, 0.717) is 18.4 Å². The smallest absolute Gasteiger partial charge is 0.334 e. The number of carbonyl (C=O) groups is 2. The Balaban J connectivity index is 1.99. The Morgan fingerprint density at radius 3 is 2.65 bits per heavy atom. The van der Waals surface area contributed by atoms with Gasteiger partial charge >= 0.3 is 11.9 Å². The number of carbonyl (C=O) groups excluding carboxylic acids is 2. The molecule has 3 fully saturated rings. The summed E-state index contributed by atoms with van der Waals surface area (Å²) in [5.74, 6) is -1.95. The third kappa shape index (κ3) is 3.18. The Bertz CT molecular complexity index is 613. The number of ether oxygens (including phenoxy) is 4. The van der Waals surface area contributed by atoms with Gasteiger partial charge in [0.15, 0.2) is 5.79 Å². The summed E-state index contributed by atoms with van der Waals surface area (Å²) in [5.41, 5.74) is -0.107. The van der Waals surface area contributed by atoms with Crippen molar-refractivity contribution in [3.8, 4) is 0 Å². The van der Waals surface area contributed by atoms with Gasteiger partial charge in [-0.25, -0.2) is 4.79 Å². The lowest BCUT2D eigenvalue weighted by Gasteiger charge is -2.36. The highest BCUT2D eigenvalue weighted by atomic mass is 16.7. The molecule has 0 unspecified atom stereocenters. The van der Waals surface area contributed by atoms with Gasteiger partial charge in [0.25, 0.3) is 0 Å². The van der Waals surface area contributed by atoms with Crippen molar-refractivity contribution < 1.29 is 28.5 Å².